The van der Waals surface area contributed by atoms with Crippen LogP contribution in [0.5, 0.6) is 5.88 Å². The Morgan fingerprint density at radius 1 is 1.19 bits per heavy atom. The second-order valence-electron chi connectivity index (χ2n) is 6.57. The lowest BCUT2D eigenvalue weighted by atomic mass is 10.2. The van der Waals surface area contributed by atoms with E-state index in [9.17, 15) is 13.6 Å². The summed E-state index contributed by atoms with van der Waals surface area (Å²) in [4.78, 5) is 15.4. The fraction of sp³-hybridized carbons (Fsp3) is 0.200. The van der Waals surface area contributed by atoms with Crippen molar-refractivity contribution in [3.05, 3.63) is 71.6 Å². The van der Waals surface area contributed by atoms with E-state index in [4.69, 9.17) is 16.3 Å². The molecule has 0 amide bonds. The molecule has 0 aliphatic rings. The maximum Gasteiger partial charge on any atom is 0.358 e. The molecule has 32 heavy (non-hydrogen) atoms. The summed E-state index contributed by atoms with van der Waals surface area (Å²) in [7, 11) is 1.26. The second kappa shape index (κ2) is 9.83. The van der Waals surface area contributed by atoms with Crippen LogP contribution in [0.25, 0.3) is 5.82 Å². The minimum absolute atomic E-state index is 0.0407. The van der Waals surface area contributed by atoms with Gasteiger partial charge < -0.3 is 15.2 Å². The molecular formula is C20H21F2N7O3. The Morgan fingerprint density at radius 2 is 1.91 bits per heavy atom. The van der Waals surface area contributed by atoms with E-state index >= 15 is 0 Å². The number of carbonyl (C=O) groups is 1. The lowest BCUT2D eigenvalue weighted by Crippen LogP contribution is -2.35. The molecule has 2 aromatic heterocycles. The van der Waals surface area contributed by atoms with E-state index in [0.29, 0.717) is 22.9 Å². The standard InChI is InChI=1S/C20H21F2N7O3/c1-12(23)16(29(24)14-5-3-13(4-6-14)19(21)22)10-32-18-8-7-17(26-27-18)28-9-15(25-11-28)20(30)31-2/h3-9,11,19H,10,23-24H2,1-2H3/b16-12-. The van der Waals surface area contributed by atoms with Gasteiger partial charge >= 0.3 is 5.97 Å². The Morgan fingerprint density at radius 3 is 2.47 bits per heavy atom. The van der Waals surface area contributed by atoms with Crippen molar-refractivity contribution in [1.82, 2.24) is 19.7 Å². The normalized spacial score (nSPS) is 11.8. The van der Waals surface area contributed by atoms with Crippen LogP contribution in [0.4, 0.5) is 14.5 Å². The second-order valence-corrected chi connectivity index (χ2v) is 6.57. The molecule has 0 saturated heterocycles. The van der Waals surface area contributed by atoms with Gasteiger partial charge in [0.05, 0.1) is 18.5 Å². The van der Waals surface area contributed by atoms with Crippen LogP contribution in [0.3, 0.4) is 0 Å². The van der Waals surface area contributed by atoms with Gasteiger partial charge in [-0.2, -0.15) is 0 Å². The number of aromatic nitrogens is 4. The minimum atomic E-state index is -2.57. The number of ether oxygens (including phenoxy) is 2. The van der Waals surface area contributed by atoms with Crippen LogP contribution in [0.15, 0.2) is 60.3 Å². The van der Waals surface area contributed by atoms with Gasteiger partial charge in [-0.25, -0.2) is 24.4 Å². The summed E-state index contributed by atoms with van der Waals surface area (Å²) in [6.07, 6.45) is 0.294. The van der Waals surface area contributed by atoms with Crippen LogP contribution >= 0.6 is 0 Å². The number of imidazole rings is 1. The van der Waals surface area contributed by atoms with Gasteiger partial charge in [-0.1, -0.05) is 12.1 Å². The van der Waals surface area contributed by atoms with Gasteiger partial charge in [0.2, 0.25) is 5.88 Å². The van der Waals surface area contributed by atoms with Gasteiger partial charge in [0.15, 0.2) is 11.5 Å². The Balaban J connectivity index is 1.68. The van der Waals surface area contributed by atoms with Crippen LogP contribution in [-0.4, -0.2) is 39.4 Å². The van der Waals surface area contributed by atoms with E-state index in [-0.39, 0.29) is 23.7 Å². The number of hydrogen-bond acceptors (Lipinski definition) is 9. The average molecular weight is 445 g/mol. The molecule has 10 nitrogen and oxygen atoms in total. The first-order valence-electron chi connectivity index (χ1n) is 9.27. The SMILES string of the molecule is COC(=O)c1cn(-c2ccc(OC/C(=C(\C)N)N(N)c3ccc(C(F)F)cc3)nn2)cn1. The maximum absolute atomic E-state index is 12.8. The highest BCUT2D eigenvalue weighted by molar-refractivity contribution is 5.86. The van der Waals surface area contributed by atoms with Gasteiger partial charge in [0.25, 0.3) is 6.43 Å². The molecule has 12 heteroatoms. The largest absolute Gasteiger partial charge is 0.470 e. The van der Waals surface area contributed by atoms with E-state index in [1.54, 1.807) is 19.1 Å². The number of methoxy groups -OCH3 is 1. The van der Waals surface area contributed by atoms with Crippen LogP contribution < -0.4 is 21.3 Å². The topological polar surface area (TPSA) is 134 Å². The number of halogens is 2. The van der Waals surface area contributed by atoms with Crippen molar-refractivity contribution < 1.29 is 23.0 Å². The highest BCUT2D eigenvalue weighted by atomic mass is 19.3. The summed E-state index contributed by atoms with van der Waals surface area (Å²) in [5.41, 5.74) is 7.20. The third-order valence-corrected chi connectivity index (χ3v) is 4.39. The van der Waals surface area contributed by atoms with E-state index in [1.807, 2.05) is 0 Å². The van der Waals surface area contributed by atoms with Crippen molar-refractivity contribution in [1.29, 1.82) is 0 Å². The lowest BCUT2D eigenvalue weighted by molar-refractivity contribution is 0.0594. The molecule has 1 aromatic carbocycles. The Kier molecular flexibility index (Phi) is 6.95. The Hall–Kier alpha value is -4.06. The smallest absolute Gasteiger partial charge is 0.358 e. The molecule has 4 N–H and O–H groups in total. The highest BCUT2D eigenvalue weighted by Crippen LogP contribution is 2.23. The van der Waals surface area contributed by atoms with Crippen molar-refractivity contribution in [2.45, 2.75) is 13.3 Å². The first kappa shape index (κ1) is 22.6. The third-order valence-electron chi connectivity index (χ3n) is 4.39. The monoisotopic (exact) mass is 445 g/mol. The van der Waals surface area contributed by atoms with Crippen LogP contribution in [0.2, 0.25) is 0 Å². The number of esters is 1. The average Bonchev–Trinajstić information content (AvgIpc) is 3.29. The minimum Gasteiger partial charge on any atom is -0.470 e. The zero-order valence-corrected chi connectivity index (χ0v) is 17.3. The molecule has 0 unspecified atom stereocenters. The fourth-order valence-corrected chi connectivity index (χ4v) is 2.64. The summed E-state index contributed by atoms with van der Waals surface area (Å²) in [5, 5.41) is 9.27. The molecule has 0 aliphatic carbocycles. The highest BCUT2D eigenvalue weighted by Gasteiger charge is 2.15. The summed E-state index contributed by atoms with van der Waals surface area (Å²) in [5.74, 6) is 6.15. The van der Waals surface area contributed by atoms with Gasteiger partial charge in [-0.3, -0.25) is 9.58 Å². The Labute approximate surface area is 182 Å². The van der Waals surface area contributed by atoms with Crippen molar-refractivity contribution >= 4 is 11.7 Å². The van der Waals surface area contributed by atoms with E-state index < -0.39 is 12.4 Å². The molecule has 2 heterocycles. The molecule has 0 spiro atoms. The van der Waals surface area contributed by atoms with Crippen molar-refractivity contribution in [2.75, 3.05) is 18.7 Å². The maximum atomic E-state index is 12.8. The van der Waals surface area contributed by atoms with E-state index in [2.05, 4.69) is 19.9 Å². The molecule has 0 saturated carbocycles. The van der Waals surface area contributed by atoms with Crippen LogP contribution in [0, 0.1) is 0 Å². The van der Waals surface area contributed by atoms with E-state index in [0.717, 1.165) is 0 Å². The van der Waals surface area contributed by atoms with Crippen LogP contribution in [-0.2, 0) is 4.74 Å². The zero-order chi connectivity index (χ0) is 23.3. The number of alkyl halides is 2. The molecule has 3 aromatic rings. The molecule has 0 bridgehead atoms. The third kappa shape index (κ3) is 5.16. The number of allylic oxidation sites excluding steroid dienone is 1. The number of hydrazine groups is 1. The van der Waals surface area contributed by atoms with Gasteiger partial charge in [-0.15, -0.1) is 10.2 Å². The van der Waals surface area contributed by atoms with Gasteiger partial charge in [0, 0.05) is 23.5 Å². The van der Waals surface area contributed by atoms with Gasteiger partial charge in [0.1, 0.15) is 12.9 Å². The molecule has 0 atom stereocenters. The number of hydrogen-bond donors (Lipinski definition) is 2. The predicted molar refractivity (Wildman–Crippen MR) is 111 cm³/mol. The summed E-state index contributed by atoms with van der Waals surface area (Å²) in [6, 6.07) is 8.70. The van der Waals surface area contributed by atoms with Crippen molar-refractivity contribution in [3.8, 4) is 11.7 Å². The van der Waals surface area contributed by atoms with Gasteiger partial charge in [-0.05, 0) is 25.1 Å². The zero-order valence-electron chi connectivity index (χ0n) is 17.3. The number of nitrogens with two attached hydrogens (primary N) is 2. The van der Waals surface area contributed by atoms with Crippen molar-refractivity contribution in [3.63, 3.8) is 0 Å². The number of anilines is 1. The number of benzene rings is 1. The fourth-order valence-electron chi connectivity index (χ4n) is 2.64. The Bertz CT molecular complexity index is 1100. The summed E-state index contributed by atoms with van der Waals surface area (Å²) >= 11 is 0. The molecule has 0 aliphatic heterocycles. The van der Waals surface area contributed by atoms with E-state index in [1.165, 1.54) is 53.5 Å². The first-order valence-corrected chi connectivity index (χ1v) is 9.27. The summed E-state index contributed by atoms with van der Waals surface area (Å²) in [6.45, 7) is 1.60. The lowest BCUT2D eigenvalue weighted by Gasteiger charge is -2.23. The molecule has 0 fully saturated rings. The van der Waals surface area contributed by atoms with Crippen molar-refractivity contribution in [2.24, 2.45) is 11.6 Å². The first-order chi connectivity index (χ1) is 15.3. The quantitative estimate of drug-likeness (QED) is 0.304. The molecule has 0 radical (unpaired) electrons. The number of nitrogens with zero attached hydrogens (tertiary/aromatic N) is 5. The molecule has 168 valence electrons. The number of carbonyl (C=O) groups excluding carboxylic acids is 1. The van der Waals surface area contributed by atoms with Crippen LogP contribution in [0.1, 0.15) is 29.4 Å². The number of rotatable bonds is 8. The predicted octanol–water partition coefficient (Wildman–Crippen LogP) is 2.34. The molecular weight excluding hydrogens is 424 g/mol. The molecule has 3 rings (SSSR count). The summed E-state index contributed by atoms with van der Waals surface area (Å²) < 4.78 is 37.3.